The van der Waals surface area contributed by atoms with Gasteiger partial charge in [0.05, 0.1) is 31.5 Å². The van der Waals surface area contributed by atoms with Crippen molar-refractivity contribution in [1.82, 2.24) is 9.55 Å². The third-order valence-corrected chi connectivity index (χ3v) is 5.41. The maximum atomic E-state index is 13.0. The molecule has 0 bridgehead atoms. The van der Waals surface area contributed by atoms with Gasteiger partial charge in [-0.1, -0.05) is 41.6 Å². The number of rotatable bonds is 7. The quantitative estimate of drug-likeness (QED) is 0.344. The Morgan fingerprint density at radius 2 is 1.96 bits per heavy atom. The standard InChI is InChI=1S/C21H22N2O4S/c1-14-8-9-18(26-2)15(12-14)13-28-21-22-17-7-5-4-6-16(17)20(25)23(21)11-10-19(24)27-3/h4-9,12H,10-11,13H2,1-3H3. The number of carbonyl (C=O) groups excluding carboxylic acids is 1. The molecule has 0 saturated heterocycles. The van der Waals surface area contributed by atoms with Crippen LogP contribution in [0.15, 0.2) is 52.4 Å². The van der Waals surface area contributed by atoms with E-state index in [1.54, 1.807) is 23.8 Å². The van der Waals surface area contributed by atoms with E-state index in [2.05, 4.69) is 11.1 Å². The molecule has 0 saturated carbocycles. The lowest BCUT2D eigenvalue weighted by Crippen LogP contribution is -2.24. The third-order valence-electron chi connectivity index (χ3n) is 4.39. The number of thioether (sulfide) groups is 1. The first-order chi connectivity index (χ1) is 13.5. The van der Waals surface area contributed by atoms with E-state index in [0.717, 1.165) is 16.9 Å². The van der Waals surface area contributed by atoms with Gasteiger partial charge in [0, 0.05) is 17.9 Å². The molecule has 2 aromatic carbocycles. The zero-order valence-electron chi connectivity index (χ0n) is 16.1. The Morgan fingerprint density at radius 1 is 1.18 bits per heavy atom. The second-order valence-electron chi connectivity index (χ2n) is 6.30. The number of para-hydroxylation sites is 1. The van der Waals surface area contributed by atoms with Crippen LogP contribution in [0.4, 0.5) is 0 Å². The van der Waals surface area contributed by atoms with Crippen LogP contribution in [0.3, 0.4) is 0 Å². The molecule has 0 aliphatic heterocycles. The van der Waals surface area contributed by atoms with E-state index < -0.39 is 0 Å². The number of benzene rings is 2. The Labute approximate surface area is 167 Å². The molecule has 0 atom stereocenters. The van der Waals surface area contributed by atoms with E-state index >= 15 is 0 Å². The molecule has 1 aromatic heterocycles. The fraction of sp³-hybridized carbons (Fsp3) is 0.286. The van der Waals surface area contributed by atoms with Crippen molar-refractivity contribution in [2.45, 2.75) is 30.8 Å². The van der Waals surface area contributed by atoms with Crippen LogP contribution in [-0.2, 0) is 21.8 Å². The number of aromatic nitrogens is 2. The van der Waals surface area contributed by atoms with Crippen LogP contribution in [0.25, 0.3) is 10.9 Å². The van der Waals surface area contributed by atoms with Gasteiger partial charge in [0.25, 0.3) is 5.56 Å². The number of ether oxygens (including phenoxy) is 2. The average Bonchev–Trinajstić information content (AvgIpc) is 2.71. The molecule has 0 aliphatic rings. The van der Waals surface area contributed by atoms with Crippen LogP contribution in [0.2, 0.25) is 0 Å². The topological polar surface area (TPSA) is 70.4 Å². The zero-order valence-corrected chi connectivity index (χ0v) is 16.9. The molecule has 0 aliphatic carbocycles. The summed E-state index contributed by atoms with van der Waals surface area (Å²) in [4.78, 5) is 29.2. The molecule has 146 valence electrons. The zero-order chi connectivity index (χ0) is 20.1. The summed E-state index contributed by atoms with van der Waals surface area (Å²) < 4.78 is 11.7. The minimum Gasteiger partial charge on any atom is -0.496 e. The lowest BCUT2D eigenvalue weighted by atomic mass is 10.1. The molecule has 0 amide bonds. The van der Waals surface area contributed by atoms with E-state index in [9.17, 15) is 9.59 Å². The number of carbonyl (C=O) groups is 1. The number of aryl methyl sites for hydroxylation is 1. The number of methoxy groups -OCH3 is 2. The summed E-state index contributed by atoms with van der Waals surface area (Å²) in [6.45, 7) is 2.24. The van der Waals surface area contributed by atoms with E-state index in [1.165, 1.54) is 18.9 Å². The van der Waals surface area contributed by atoms with Crippen LogP contribution in [0.1, 0.15) is 17.5 Å². The van der Waals surface area contributed by atoms with Gasteiger partial charge in [0.2, 0.25) is 0 Å². The Kier molecular flexibility index (Phi) is 6.36. The number of fused-ring (bicyclic) bond motifs is 1. The van der Waals surface area contributed by atoms with E-state index in [0.29, 0.717) is 21.8 Å². The minimum absolute atomic E-state index is 0.109. The Bertz CT molecular complexity index is 1060. The number of nitrogens with zero attached hydrogens (tertiary/aromatic N) is 2. The van der Waals surface area contributed by atoms with Crippen molar-refractivity contribution >= 4 is 28.6 Å². The summed E-state index contributed by atoms with van der Waals surface area (Å²) in [5.74, 6) is 1.02. The number of hydrogen-bond donors (Lipinski definition) is 0. The molecule has 7 heteroatoms. The summed E-state index contributed by atoms with van der Waals surface area (Å²) in [7, 11) is 2.98. The lowest BCUT2D eigenvalue weighted by molar-refractivity contribution is -0.140. The highest BCUT2D eigenvalue weighted by Gasteiger charge is 2.14. The van der Waals surface area contributed by atoms with E-state index in [4.69, 9.17) is 9.47 Å². The molecule has 0 fully saturated rings. The average molecular weight is 398 g/mol. The van der Waals surface area contributed by atoms with Crippen molar-refractivity contribution in [3.05, 3.63) is 63.9 Å². The van der Waals surface area contributed by atoms with E-state index in [-0.39, 0.29) is 24.5 Å². The Balaban J connectivity index is 1.97. The monoisotopic (exact) mass is 398 g/mol. The molecule has 3 aromatic rings. The van der Waals surface area contributed by atoms with Crippen molar-refractivity contribution in [3.8, 4) is 5.75 Å². The van der Waals surface area contributed by atoms with Crippen molar-refractivity contribution in [1.29, 1.82) is 0 Å². The fourth-order valence-electron chi connectivity index (χ4n) is 2.92. The van der Waals surface area contributed by atoms with Crippen LogP contribution in [0.5, 0.6) is 5.75 Å². The molecule has 6 nitrogen and oxygen atoms in total. The van der Waals surface area contributed by atoms with Gasteiger partial charge in [-0.25, -0.2) is 4.98 Å². The molecule has 0 radical (unpaired) electrons. The minimum atomic E-state index is -0.364. The first-order valence-corrected chi connectivity index (χ1v) is 9.84. The highest BCUT2D eigenvalue weighted by molar-refractivity contribution is 7.98. The lowest BCUT2D eigenvalue weighted by Gasteiger charge is -2.14. The normalized spacial score (nSPS) is 10.8. The van der Waals surface area contributed by atoms with Gasteiger partial charge in [-0.05, 0) is 25.1 Å². The molecule has 0 spiro atoms. The van der Waals surface area contributed by atoms with Crippen molar-refractivity contribution in [2.24, 2.45) is 0 Å². The van der Waals surface area contributed by atoms with Crippen LogP contribution in [0, 0.1) is 6.92 Å². The largest absolute Gasteiger partial charge is 0.496 e. The van der Waals surface area contributed by atoms with Crippen molar-refractivity contribution in [2.75, 3.05) is 14.2 Å². The van der Waals surface area contributed by atoms with Crippen LogP contribution < -0.4 is 10.3 Å². The molecule has 0 unspecified atom stereocenters. The van der Waals surface area contributed by atoms with E-state index in [1.807, 2.05) is 31.2 Å². The predicted octanol–water partition coefficient (Wildman–Crippen LogP) is 3.57. The summed E-state index contributed by atoms with van der Waals surface area (Å²) in [5, 5.41) is 1.10. The maximum absolute atomic E-state index is 13.0. The highest BCUT2D eigenvalue weighted by atomic mass is 32.2. The van der Waals surface area contributed by atoms with Crippen molar-refractivity contribution in [3.63, 3.8) is 0 Å². The molecule has 28 heavy (non-hydrogen) atoms. The first-order valence-electron chi connectivity index (χ1n) is 8.86. The van der Waals surface area contributed by atoms with Gasteiger partial charge in [-0.15, -0.1) is 0 Å². The third kappa shape index (κ3) is 4.36. The van der Waals surface area contributed by atoms with Gasteiger partial charge in [-0.3, -0.25) is 14.2 Å². The summed E-state index contributed by atoms with van der Waals surface area (Å²) in [5.41, 5.74) is 2.63. The summed E-state index contributed by atoms with van der Waals surface area (Å²) >= 11 is 1.45. The highest BCUT2D eigenvalue weighted by Crippen LogP contribution is 2.28. The summed E-state index contributed by atoms with van der Waals surface area (Å²) in [6.07, 6.45) is 0.109. The molecular weight excluding hydrogens is 376 g/mol. The fourth-order valence-corrected chi connectivity index (χ4v) is 3.93. The van der Waals surface area contributed by atoms with Gasteiger partial charge in [-0.2, -0.15) is 0 Å². The SMILES string of the molecule is COC(=O)CCn1c(SCc2cc(C)ccc2OC)nc2ccccc2c1=O. The smallest absolute Gasteiger partial charge is 0.307 e. The second-order valence-corrected chi connectivity index (χ2v) is 7.24. The number of esters is 1. The van der Waals surface area contributed by atoms with Crippen LogP contribution in [-0.4, -0.2) is 29.7 Å². The second kappa shape index (κ2) is 8.93. The maximum Gasteiger partial charge on any atom is 0.307 e. The van der Waals surface area contributed by atoms with Gasteiger partial charge >= 0.3 is 5.97 Å². The Hall–Kier alpha value is -2.80. The van der Waals surface area contributed by atoms with Gasteiger partial charge in [0.1, 0.15) is 5.75 Å². The molecule has 3 rings (SSSR count). The molecular formula is C21H22N2O4S. The summed E-state index contributed by atoms with van der Waals surface area (Å²) in [6, 6.07) is 13.2. The van der Waals surface area contributed by atoms with Crippen LogP contribution >= 0.6 is 11.8 Å². The number of hydrogen-bond acceptors (Lipinski definition) is 6. The van der Waals surface area contributed by atoms with Gasteiger partial charge in [0.15, 0.2) is 5.16 Å². The molecule has 0 N–H and O–H groups in total. The predicted molar refractivity (Wildman–Crippen MR) is 110 cm³/mol. The van der Waals surface area contributed by atoms with Crippen molar-refractivity contribution < 1.29 is 14.3 Å². The first kappa shape index (κ1) is 19.9. The van der Waals surface area contributed by atoms with Gasteiger partial charge < -0.3 is 9.47 Å². The Morgan fingerprint density at radius 3 is 2.71 bits per heavy atom. The molecule has 1 heterocycles.